The normalized spacial score (nSPS) is 16.6. The Balaban J connectivity index is 0.971. The Hall–Kier alpha value is -7.15. The van der Waals surface area contributed by atoms with Crippen LogP contribution in [0.2, 0.25) is 0 Å². The maximum atomic E-state index is 14.0. The van der Waals surface area contributed by atoms with Gasteiger partial charge in [-0.05, 0) is 78.1 Å². The summed E-state index contributed by atoms with van der Waals surface area (Å²) in [5.41, 5.74) is 8.54. The molecule has 5 aromatic carbocycles. The molecule has 1 N–H and O–H groups in total. The van der Waals surface area contributed by atoms with E-state index in [-0.39, 0.29) is 43.0 Å². The maximum Gasteiger partial charge on any atom is 0.261 e. The molecule has 0 aliphatic carbocycles. The highest BCUT2D eigenvalue weighted by atomic mass is 16.5. The number of hydrogen-bond acceptors (Lipinski definition) is 10. The van der Waals surface area contributed by atoms with Crippen molar-refractivity contribution in [2.75, 3.05) is 49.1 Å². The van der Waals surface area contributed by atoms with E-state index in [1.807, 2.05) is 103 Å². The fourth-order valence-electron chi connectivity index (χ4n) is 8.72. The average Bonchev–Trinajstić information content (AvgIpc) is 3.78. The predicted octanol–water partition coefficient (Wildman–Crippen LogP) is 7.79. The van der Waals surface area contributed by atoms with Crippen molar-refractivity contribution >= 4 is 58.6 Å². The van der Waals surface area contributed by atoms with Crippen LogP contribution in [-0.2, 0) is 30.8 Å². The monoisotopic (exact) mass is 832 g/mol. The smallest absolute Gasteiger partial charge is 0.261 e. The SMILES string of the molecule is CCNC(=O)CCCN(C)c1cc(COc2cc3c(cc2OC)C(=O)N2c4ccccc4C[C@H]2C=N3)cc(COc2cc3c(cc2OC)C(=O)N2c4ccccc4C[C@H]2C=N3)c1. The van der Waals surface area contributed by atoms with Crippen LogP contribution in [0.4, 0.5) is 28.4 Å². The van der Waals surface area contributed by atoms with Gasteiger partial charge in [0, 0.05) is 81.0 Å². The van der Waals surface area contributed by atoms with Gasteiger partial charge >= 0.3 is 0 Å². The average molecular weight is 833 g/mol. The lowest BCUT2D eigenvalue weighted by molar-refractivity contribution is -0.121. The molecule has 5 aromatic rings. The molecule has 0 fully saturated rings. The summed E-state index contributed by atoms with van der Waals surface area (Å²) in [4.78, 5) is 55.5. The zero-order chi connectivity index (χ0) is 42.9. The first-order chi connectivity index (χ1) is 30.2. The van der Waals surface area contributed by atoms with Crippen molar-refractivity contribution in [3.8, 4) is 23.0 Å². The van der Waals surface area contributed by atoms with E-state index in [0.29, 0.717) is 84.3 Å². The number of hydrogen-bond donors (Lipinski definition) is 1. The summed E-state index contributed by atoms with van der Waals surface area (Å²) in [7, 11) is 5.10. The topological polar surface area (TPSA) is 135 Å². The molecule has 0 saturated heterocycles. The molecule has 316 valence electrons. The summed E-state index contributed by atoms with van der Waals surface area (Å²) in [5, 5.41) is 2.87. The summed E-state index contributed by atoms with van der Waals surface area (Å²) in [6.45, 7) is 3.48. The highest BCUT2D eigenvalue weighted by molar-refractivity contribution is 6.15. The van der Waals surface area contributed by atoms with Crippen molar-refractivity contribution in [1.82, 2.24) is 5.32 Å². The fraction of sp³-hybridized carbons (Fsp3) is 0.286. The van der Waals surface area contributed by atoms with Gasteiger partial charge in [0.25, 0.3) is 11.8 Å². The number of nitrogens with one attached hydrogen (secondary N) is 1. The molecule has 2 atom stereocenters. The lowest BCUT2D eigenvalue weighted by Gasteiger charge is -2.23. The van der Waals surface area contributed by atoms with Gasteiger partial charge in [-0.1, -0.05) is 36.4 Å². The van der Waals surface area contributed by atoms with Crippen LogP contribution in [0.1, 0.15) is 62.7 Å². The van der Waals surface area contributed by atoms with Gasteiger partial charge in [0.15, 0.2) is 23.0 Å². The number of para-hydroxylation sites is 2. The quantitative estimate of drug-likeness (QED) is 0.120. The van der Waals surface area contributed by atoms with E-state index in [1.165, 1.54) is 0 Å². The molecule has 0 radical (unpaired) electrons. The lowest BCUT2D eigenvalue weighted by atomic mass is 10.1. The van der Waals surface area contributed by atoms with E-state index in [4.69, 9.17) is 28.9 Å². The molecule has 0 spiro atoms. The van der Waals surface area contributed by atoms with Crippen molar-refractivity contribution in [3.05, 3.63) is 124 Å². The number of amides is 3. The van der Waals surface area contributed by atoms with Gasteiger partial charge in [0.2, 0.25) is 5.91 Å². The summed E-state index contributed by atoms with van der Waals surface area (Å²) in [5.74, 6) is 1.48. The number of rotatable bonds is 14. The molecular weight excluding hydrogens is 785 g/mol. The number of nitrogens with zero attached hydrogens (tertiary/aromatic N) is 5. The Morgan fingerprint density at radius 3 is 1.69 bits per heavy atom. The molecule has 13 nitrogen and oxygen atoms in total. The Labute approximate surface area is 360 Å². The van der Waals surface area contributed by atoms with Gasteiger partial charge in [-0.2, -0.15) is 0 Å². The van der Waals surface area contributed by atoms with Crippen LogP contribution in [0.15, 0.2) is 101 Å². The standard InChI is InChI=1S/C49H48N6O7/c1-5-50-47(56)15-10-16-53(2)34-18-30(28-61-45-24-39-37(22-43(45)59-3)48(57)54-35(26-51-39)20-32-11-6-8-13-41(32)54)17-31(19-34)29-62-46-25-40-38(23-44(46)60-4)49(58)55-36(27-52-40)21-33-12-7-9-14-42(33)55/h6-9,11-14,17-19,22-27,35-36H,5,10,15-16,20-21,28-29H2,1-4H3,(H,50,56)/t35-,36-/m0/s1. The van der Waals surface area contributed by atoms with Gasteiger partial charge in [-0.25, -0.2) is 0 Å². The molecule has 13 heteroatoms. The predicted molar refractivity (Wildman–Crippen MR) is 240 cm³/mol. The maximum absolute atomic E-state index is 14.0. The van der Waals surface area contributed by atoms with Crippen molar-refractivity contribution < 1.29 is 33.3 Å². The lowest BCUT2D eigenvalue weighted by Crippen LogP contribution is -2.37. The highest BCUT2D eigenvalue weighted by Crippen LogP contribution is 2.43. The zero-order valence-electron chi connectivity index (χ0n) is 35.2. The number of methoxy groups -OCH3 is 2. The second-order valence-corrected chi connectivity index (χ2v) is 15.8. The van der Waals surface area contributed by atoms with Gasteiger partial charge in [-0.3, -0.25) is 34.2 Å². The molecule has 0 unspecified atom stereocenters. The number of fused-ring (bicyclic) bond motifs is 8. The number of benzene rings is 5. The number of carbonyl (C=O) groups excluding carboxylic acids is 3. The van der Waals surface area contributed by atoms with Crippen LogP contribution in [0.5, 0.6) is 23.0 Å². The van der Waals surface area contributed by atoms with Gasteiger partial charge < -0.3 is 29.2 Å². The number of aliphatic imine (C=N–C) groups is 2. The van der Waals surface area contributed by atoms with Crippen LogP contribution in [-0.4, -0.2) is 76.6 Å². The molecule has 4 heterocycles. The van der Waals surface area contributed by atoms with Gasteiger partial charge in [0.05, 0.1) is 48.8 Å². The summed E-state index contributed by atoms with van der Waals surface area (Å²) >= 11 is 0. The van der Waals surface area contributed by atoms with E-state index in [0.717, 1.165) is 39.3 Å². The first-order valence-electron chi connectivity index (χ1n) is 20.9. The fourth-order valence-corrected chi connectivity index (χ4v) is 8.72. The number of carbonyl (C=O) groups is 3. The first-order valence-corrected chi connectivity index (χ1v) is 20.9. The molecule has 3 amide bonds. The molecule has 4 aliphatic rings. The van der Waals surface area contributed by atoms with Crippen LogP contribution in [0.3, 0.4) is 0 Å². The second-order valence-electron chi connectivity index (χ2n) is 15.8. The Kier molecular flexibility index (Phi) is 11.1. The Bertz CT molecular complexity index is 2480. The van der Waals surface area contributed by atoms with Crippen molar-refractivity contribution in [2.45, 2.75) is 57.9 Å². The minimum Gasteiger partial charge on any atom is -0.493 e. The van der Waals surface area contributed by atoms with E-state index in [9.17, 15) is 14.4 Å². The largest absolute Gasteiger partial charge is 0.493 e. The molecule has 0 bridgehead atoms. The molecule has 4 aliphatic heterocycles. The van der Waals surface area contributed by atoms with Crippen LogP contribution < -0.4 is 39.0 Å². The van der Waals surface area contributed by atoms with Crippen LogP contribution in [0, 0.1) is 0 Å². The molecule has 9 rings (SSSR count). The Morgan fingerprint density at radius 2 is 1.21 bits per heavy atom. The molecule has 0 saturated carbocycles. The van der Waals surface area contributed by atoms with Crippen LogP contribution >= 0.6 is 0 Å². The van der Waals surface area contributed by atoms with Gasteiger partial charge in [0.1, 0.15) is 13.2 Å². The van der Waals surface area contributed by atoms with Gasteiger partial charge in [-0.15, -0.1) is 0 Å². The number of anilines is 3. The van der Waals surface area contributed by atoms with Crippen molar-refractivity contribution in [1.29, 1.82) is 0 Å². The Morgan fingerprint density at radius 1 is 0.710 bits per heavy atom. The molecule has 62 heavy (non-hydrogen) atoms. The van der Waals surface area contributed by atoms with E-state index in [1.54, 1.807) is 38.5 Å². The third kappa shape index (κ3) is 7.70. The highest BCUT2D eigenvalue weighted by Gasteiger charge is 2.38. The van der Waals surface area contributed by atoms with E-state index >= 15 is 0 Å². The van der Waals surface area contributed by atoms with E-state index < -0.39 is 0 Å². The van der Waals surface area contributed by atoms with E-state index in [2.05, 4.69) is 10.2 Å². The minimum absolute atomic E-state index is 0.0223. The van der Waals surface area contributed by atoms with Crippen LogP contribution in [0.25, 0.3) is 0 Å². The summed E-state index contributed by atoms with van der Waals surface area (Å²) in [6, 6.07) is 28.6. The molecular formula is C49H48N6O7. The van der Waals surface area contributed by atoms with Crippen molar-refractivity contribution in [2.24, 2.45) is 9.98 Å². The first kappa shape index (κ1) is 40.3. The zero-order valence-corrected chi connectivity index (χ0v) is 35.2. The summed E-state index contributed by atoms with van der Waals surface area (Å²) in [6.07, 6.45) is 6.15. The minimum atomic E-state index is -0.180. The second kappa shape index (κ2) is 17.1. The summed E-state index contributed by atoms with van der Waals surface area (Å²) < 4.78 is 24.5. The third-order valence-corrected chi connectivity index (χ3v) is 11.8. The third-order valence-electron chi connectivity index (χ3n) is 11.8. The molecule has 0 aromatic heterocycles. The number of ether oxygens (including phenoxy) is 4. The van der Waals surface area contributed by atoms with Crippen molar-refractivity contribution in [3.63, 3.8) is 0 Å².